The number of carbonyl (C=O) groups excluding carboxylic acids is 1. The van der Waals surface area contributed by atoms with Crippen LogP contribution in [0.15, 0.2) is 34.9 Å². The summed E-state index contributed by atoms with van der Waals surface area (Å²) in [5, 5.41) is 7.05. The minimum absolute atomic E-state index is 0.0298. The van der Waals surface area contributed by atoms with Crippen LogP contribution in [0.1, 0.15) is 36.8 Å². The summed E-state index contributed by atoms with van der Waals surface area (Å²) in [5.74, 6) is 1.28. The van der Waals surface area contributed by atoms with Gasteiger partial charge in [0.25, 0.3) is 0 Å². The third-order valence-corrected chi connectivity index (χ3v) is 4.53. The maximum Gasteiger partial charge on any atom is 0.321 e. The van der Waals surface area contributed by atoms with Crippen molar-refractivity contribution in [3.05, 3.63) is 47.3 Å². The Morgan fingerprint density at radius 2 is 2.00 bits per heavy atom. The maximum atomic E-state index is 12.5. The van der Waals surface area contributed by atoms with Crippen LogP contribution >= 0.6 is 0 Å². The fourth-order valence-electron chi connectivity index (χ4n) is 3.01. The van der Waals surface area contributed by atoms with Gasteiger partial charge in [-0.3, -0.25) is 4.90 Å². The van der Waals surface area contributed by atoms with Gasteiger partial charge in [0, 0.05) is 44.5 Å². The molecule has 0 aliphatic carbocycles. The number of carbonyl (C=O) groups is 1. The number of nitrogens with zero attached hydrogens (tertiary/aromatic N) is 3. The molecule has 6 nitrogen and oxygen atoms in total. The molecule has 0 atom stereocenters. The van der Waals surface area contributed by atoms with Gasteiger partial charge < -0.3 is 14.7 Å². The number of aromatic nitrogens is 1. The fraction of sp³-hybridized carbons (Fsp3) is 0.474. The van der Waals surface area contributed by atoms with Gasteiger partial charge in [-0.1, -0.05) is 31.1 Å². The van der Waals surface area contributed by atoms with E-state index in [9.17, 15) is 4.79 Å². The Morgan fingerprint density at radius 3 is 2.64 bits per heavy atom. The number of benzene rings is 1. The van der Waals surface area contributed by atoms with Gasteiger partial charge in [0.2, 0.25) is 0 Å². The molecular formula is C19H26N4O2. The molecule has 2 amide bonds. The van der Waals surface area contributed by atoms with E-state index in [1.54, 1.807) is 0 Å². The molecule has 0 bridgehead atoms. The van der Waals surface area contributed by atoms with Crippen LogP contribution in [0.3, 0.4) is 0 Å². The van der Waals surface area contributed by atoms with Crippen LogP contribution in [0.2, 0.25) is 0 Å². The average molecular weight is 342 g/mol. The molecule has 0 radical (unpaired) electrons. The first-order chi connectivity index (χ1) is 12.0. The van der Waals surface area contributed by atoms with Crippen LogP contribution in [-0.2, 0) is 6.54 Å². The number of anilines is 1. The summed E-state index contributed by atoms with van der Waals surface area (Å²) in [4.78, 5) is 16.6. The second-order valence-corrected chi connectivity index (χ2v) is 6.90. The lowest BCUT2D eigenvalue weighted by Crippen LogP contribution is -2.49. The maximum absolute atomic E-state index is 12.5. The molecule has 0 saturated carbocycles. The van der Waals surface area contributed by atoms with Crippen molar-refractivity contribution >= 4 is 11.7 Å². The van der Waals surface area contributed by atoms with Crippen molar-refractivity contribution in [2.45, 2.75) is 33.2 Å². The summed E-state index contributed by atoms with van der Waals surface area (Å²) < 4.78 is 5.11. The Hall–Kier alpha value is -2.34. The van der Waals surface area contributed by atoms with Crippen LogP contribution in [-0.4, -0.2) is 47.2 Å². The van der Waals surface area contributed by atoms with Gasteiger partial charge in [0.05, 0.1) is 5.69 Å². The van der Waals surface area contributed by atoms with Crippen molar-refractivity contribution < 1.29 is 9.32 Å². The summed E-state index contributed by atoms with van der Waals surface area (Å²) in [7, 11) is 0. The Balaban J connectivity index is 1.50. The van der Waals surface area contributed by atoms with Gasteiger partial charge in [0.1, 0.15) is 5.76 Å². The Kier molecular flexibility index (Phi) is 5.38. The van der Waals surface area contributed by atoms with Gasteiger partial charge in [0.15, 0.2) is 0 Å². The van der Waals surface area contributed by atoms with E-state index in [0.29, 0.717) is 19.0 Å². The van der Waals surface area contributed by atoms with Crippen LogP contribution in [0, 0.1) is 6.92 Å². The quantitative estimate of drug-likeness (QED) is 0.924. The minimum atomic E-state index is -0.0298. The molecule has 1 N–H and O–H groups in total. The van der Waals surface area contributed by atoms with E-state index < -0.39 is 0 Å². The lowest BCUT2D eigenvalue weighted by Gasteiger charge is -2.34. The molecule has 1 aromatic heterocycles. The molecule has 1 aromatic carbocycles. The third kappa shape index (κ3) is 4.60. The van der Waals surface area contributed by atoms with Gasteiger partial charge >= 0.3 is 6.03 Å². The van der Waals surface area contributed by atoms with Crippen LogP contribution in [0.5, 0.6) is 0 Å². The highest BCUT2D eigenvalue weighted by Gasteiger charge is 2.22. The largest absolute Gasteiger partial charge is 0.361 e. The van der Waals surface area contributed by atoms with Crippen molar-refractivity contribution in [2.24, 2.45) is 0 Å². The normalized spacial score (nSPS) is 15.6. The van der Waals surface area contributed by atoms with Crippen molar-refractivity contribution in [1.29, 1.82) is 0 Å². The van der Waals surface area contributed by atoms with Gasteiger partial charge in [-0.25, -0.2) is 4.79 Å². The number of hydrogen-bond donors (Lipinski definition) is 1. The van der Waals surface area contributed by atoms with E-state index >= 15 is 0 Å². The molecule has 1 aliphatic heterocycles. The zero-order valence-corrected chi connectivity index (χ0v) is 15.2. The minimum Gasteiger partial charge on any atom is -0.361 e. The van der Waals surface area contributed by atoms with Crippen LogP contribution in [0.4, 0.5) is 10.5 Å². The number of rotatable bonds is 4. The summed E-state index contributed by atoms with van der Waals surface area (Å²) in [5.41, 5.74) is 3.03. The van der Waals surface area contributed by atoms with Gasteiger partial charge in [-0.15, -0.1) is 0 Å². The number of urea groups is 1. The lowest BCUT2D eigenvalue weighted by atomic mass is 10.0. The topological polar surface area (TPSA) is 61.6 Å². The Bertz CT molecular complexity index is 718. The predicted octanol–water partition coefficient (Wildman–Crippen LogP) is 3.46. The first-order valence-corrected chi connectivity index (χ1v) is 8.81. The summed E-state index contributed by atoms with van der Waals surface area (Å²) in [6.07, 6.45) is 0. The molecule has 1 fully saturated rings. The molecule has 3 rings (SSSR count). The molecule has 25 heavy (non-hydrogen) atoms. The van der Waals surface area contributed by atoms with Crippen molar-refractivity contribution in [1.82, 2.24) is 15.0 Å². The molecule has 134 valence electrons. The molecule has 1 saturated heterocycles. The molecule has 0 unspecified atom stereocenters. The fourth-order valence-corrected chi connectivity index (χ4v) is 3.01. The molecule has 6 heteroatoms. The first kappa shape index (κ1) is 17.5. The standard InChI is InChI=1S/C19H26N4O2/c1-14(2)16-5-4-6-17(12-16)20-19(24)23-9-7-22(8-10-23)13-18-11-15(3)25-21-18/h4-6,11-12,14H,7-10,13H2,1-3H3,(H,20,24). The molecule has 0 spiro atoms. The van der Waals surface area contributed by atoms with Crippen molar-refractivity contribution in [3.8, 4) is 0 Å². The van der Waals surface area contributed by atoms with Crippen molar-refractivity contribution in [3.63, 3.8) is 0 Å². The predicted molar refractivity (Wildman–Crippen MR) is 97.6 cm³/mol. The Labute approximate surface area is 148 Å². The monoisotopic (exact) mass is 342 g/mol. The summed E-state index contributed by atoms with van der Waals surface area (Å²) in [6, 6.07) is 9.99. The van der Waals surface area contributed by atoms with Gasteiger partial charge in [-0.05, 0) is 30.5 Å². The number of nitrogens with one attached hydrogen (secondary N) is 1. The van der Waals surface area contributed by atoms with E-state index in [0.717, 1.165) is 36.8 Å². The second-order valence-electron chi connectivity index (χ2n) is 6.90. The van der Waals surface area contributed by atoms with E-state index in [4.69, 9.17) is 4.52 Å². The number of hydrogen-bond acceptors (Lipinski definition) is 4. The highest BCUT2D eigenvalue weighted by Crippen LogP contribution is 2.19. The van der Waals surface area contributed by atoms with Crippen molar-refractivity contribution in [2.75, 3.05) is 31.5 Å². The highest BCUT2D eigenvalue weighted by atomic mass is 16.5. The molecular weight excluding hydrogens is 316 g/mol. The second kappa shape index (κ2) is 7.70. The SMILES string of the molecule is Cc1cc(CN2CCN(C(=O)Nc3cccc(C(C)C)c3)CC2)no1. The van der Waals surface area contributed by atoms with Gasteiger partial charge in [-0.2, -0.15) is 0 Å². The van der Waals surface area contributed by atoms with E-state index in [1.165, 1.54) is 5.56 Å². The van der Waals surface area contributed by atoms with E-state index in [-0.39, 0.29) is 6.03 Å². The van der Waals surface area contributed by atoms with Crippen LogP contribution in [0.25, 0.3) is 0 Å². The Morgan fingerprint density at radius 1 is 1.24 bits per heavy atom. The lowest BCUT2D eigenvalue weighted by molar-refractivity contribution is 0.141. The molecule has 2 heterocycles. The van der Waals surface area contributed by atoms with E-state index in [1.807, 2.05) is 36.1 Å². The number of amides is 2. The van der Waals surface area contributed by atoms with E-state index in [2.05, 4.69) is 35.3 Å². The summed E-state index contributed by atoms with van der Waals surface area (Å²) >= 11 is 0. The molecule has 1 aliphatic rings. The average Bonchev–Trinajstić information content (AvgIpc) is 3.00. The number of aryl methyl sites for hydroxylation is 1. The highest BCUT2D eigenvalue weighted by molar-refractivity contribution is 5.89. The smallest absolute Gasteiger partial charge is 0.321 e. The third-order valence-electron chi connectivity index (χ3n) is 4.53. The van der Waals surface area contributed by atoms with Crippen LogP contribution < -0.4 is 5.32 Å². The number of piperazine rings is 1. The molecule has 2 aromatic rings. The zero-order chi connectivity index (χ0) is 17.8. The zero-order valence-electron chi connectivity index (χ0n) is 15.2. The summed E-state index contributed by atoms with van der Waals surface area (Å²) in [6.45, 7) is 10.1. The first-order valence-electron chi connectivity index (χ1n) is 8.81.